The summed E-state index contributed by atoms with van der Waals surface area (Å²) < 4.78 is 0. The van der Waals surface area contributed by atoms with E-state index in [2.05, 4.69) is 20.9 Å². The van der Waals surface area contributed by atoms with Gasteiger partial charge in [0.1, 0.15) is 0 Å². The summed E-state index contributed by atoms with van der Waals surface area (Å²) >= 11 is 0. The molecule has 0 aromatic heterocycles. The average Bonchev–Trinajstić information content (AvgIpc) is 2.64. The zero-order chi connectivity index (χ0) is 18.8. The molecule has 0 saturated carbocycles. The second kappa shape index (κ2) is 10.4. The predicted molar refractivity (Wildman–Crippen MR) is 101 cm³/mol. The molecule has 0 aliphatic carbocycles. The Kier molecular flexibility index (Phi) is 7.85. The third-order valence-electron chi connectivity index (χ3n) is 4.24. The summed E-state index contributed by atoms with van der Waals surface area (Å²) in [7, 11) is 0. The van der Waals surface area contributed by atoms with Gasteiger partial charge in [-0.05, 0) is 38.2 Å². The highest BCUT2D eigenvalue weighted by Crippen LogP contribution is 2.13. The van der Waals surface area contributed by atoms with Gasteiger partial charge in [-0.3, -0.25) is 19.9 Å². The summed E-state index contributed by atoms with van der Waals surface area (Å²) in [4.78, 5) is 26.1. The average molecular weight is 361 g/mol. The van der Waals surface area contributed by atoms with E-state index in [1.807, 2.05) is 19.1 Å². The van der Waals surface area contributed by atoms with Crippen LogP contribution in [0.15, 0.2) is 29.3 Å². The lowest BCUT2D eigenvalue weighted by Crippen LogP contribution is -2.51. The number of amides is 1. The van der Waals surface area contributed by atoms with E-state index in [0.717, 1.165) is 43.8 Å². The monoisotopic (exact) mass is 361 g/mol. The first-order valence-electron chi connectivity index (χ1n) is 9.13. The number of nitro benzene ring substituents is 1. The molecule has 0 bridgehead atoms. The zero-order valence-corrected chi connectivity index (χ0v) is 15.2. The molecule has 142 valence electrons. The molecular weight excluding hydrogens is 334 g/mol. The van der Waals surface area contributed by atoms with Crippen LogP contribution in [0.25, 0.3) is 0 Å². The van der Waals surface area contributed by atoms with Gasteiger partial charge in [0.15, 0.2) is 5.96 Å². The quantitative estimate of drug-likeness (QED) is 0.215. The van der Waals surface area contributed by atoms with Gasteiger partial charge in [-0.2, -0.15) is 0 Å². The number of rotatable bonds is 8. The van der Waals surface area contributed by atoms with E-state index in [-0.39, 0.29) is 22.6 Å². The van der Waals surface area contributed by atoms with Crippen LogP contribution in [-0.2, 0) is 11.2 Å². The van der Waals surface area contributed by atoms with Crippen LogP contribution in [0.3, 0.4) is 0 Å². The van der Waals surface area contributed by atoms with Crippen LogP contribution < -0.4 is 16.0 Å². The van der Waals surface area contributed by atoms with Crippen LogP contribution in [0.4, 0.5) is 5.69 Å². The van der Waals surface area contributed by atoms with Gasteiger partial charge >= 0.3 is 0 Å². The molecular formula is C18H27N5O3. The summed E-state index contributed by atoms with van der Waals surface area (Å²) in [6.45, 7) is 4.15. The Morgan fingerprint density at radius 2 is 2.12 bits per heavy atom. The number of unbranched alkanes of at least 4 members (excludes halogenated alkanes) is 1. The van der Waals surface area contributed by atoms with Gasteiger partial charge in [0.25, 0.3) is 5.69 Å². The van der Waals surface area contributed by atoms with Gasteiger partial charge in [-0.1, -0.05) is 12.1 Å². The van der Waals surface area contributed by atoms with E-state index < -0.39 is 0 Å². The zero-order valence-electron chi connectivity index (χ0n) is 15.2. The Morgan fingerprint density at radius 1 is 1.35 bits per heavy atom. The third kappa shape index (κ3) is 6.70. The molecule has 8 nitrogen and oxygen atoms in total. The third-order valence-corrected chi connectivity index (χ3v) is 4.24. The Bertz CT molecular complexity index is 620. The highest BCUT2D eigenvalue weighted by atomic mass is 16.6. The number of aryl methyl sites for hydroxylation is 1. The smallest absolute Gasteiger partial charge is 0.269 e. The van der Waals surface area contributed by atoms with E-state index in [0.29, 0.717) is 19.5 Å². The normalized spacial score (nSPS) is 17.5. The molecule has 1 aliphatic rings. The van der Waals surface area contributed by atoms with Gasteiger partial charge in [0, 0.05) is 44.2 Å². The van der Waals surface area contributed by atoms with Gasteiger partial charge in [-0.15, -0.1) is 0 Å². The van der Waals surface area contributed by atoms with Crippen molar-refractivity contribution in [3.63, 3.8) is 0 Å². The predicted octanol–water partition coefficient (Wildman–Crippen LogP) is 1.75. The fraction of sp³-hybridized carbons (Fsp3) is 0.556. The van der Waals surface area contributed by atoms with Crippen molar-refractivity contribution in [2.24, 2.45) is 4.99 Å². The Labute approximate surface area is 153 Å². The van der Waals surface area contributed by atoms with Gasteiger partial charge in [0.05, 0.1) is 4.92 Å². The van der Waals surface area contributed by atoms with Crippen LogP contribution in [-0.4, -0.2) is 42.5 Å². The summed E-state index contributed by atoms with van der Waals surface area (Å²) in [5, 5.41) is 20.1. The van der Waals surface area contributed by atoms with Crippen LogP contribution >= 0.6 is 0 Å². The summed E-state index contributed by atoms with van der Waals surface area (Å²) in [6.07, 6.45) is 4.16. The fourth-order valence-electron chi connectivity index (χ4n) is 2.79. The molecule has 1 aromatic carbocycles. The number of non-ortho nitro benzene ring substituents is 1. The van der Waals surface area contributed by atoms with E-state index >= 15 is 0 Å². The number of piperidine rings is 1. The molecule has 1 saturated heterocycles. The van der Waals surface area contributed by atoms with Crippen molar-refractivity contribution in [3.8, 4) is 0 Å². The number of hydrogen-bond donors (Lipinski definition) is 3. The largest absolute Gasteiger partial charge is 0.357 e. The lowest BCUT2D eigenvalue weighted by molar-refractivity contribution is -0.384. The van der Waals surface area contributed by atoms with Crippen molar-refractivity contribution in [1.29, 1.82) is 0 Å². The lowest BCUT2D eigenvalue weighted by Gasteiger charge is -2.25. The molecule has 3 N–H and O–H groups in total. The second-order valence-corrected chi connectivity index (χ2v) is 6.33. The van der Waals surface area contributed by atoms with Gasteiger partial charge in [0.2, 0.25) is 5.91 Å². The van der Waals surface area contributed by atoms with E-state index in [1.54, 1.807) is 12.1 Å². The summed E-state index contributed by atoms with van der Waals surface area (Å²) in [5.74, 6) is 0.889. The van der Waals surface area contributed by atoms with E-state index in [1.165, 1.54) is 0 Å². The molecule has 8 heteroatoms. The maximum Gasteiger partial charge on any atom is 0.269 e. The first kappa shape index (κ1) is 19.7. The van der Waals surface area contributed by atoms with Crippen molar-refractivity contribution >= 4 is 17.6 Å². The number of nitro groups is 1. The van der Waals surface area contributed by atoms with E-state index in [4.69, 9.17) is 0 Å². The molecule has 1 unspecified atom stereocenters. The minimum Gasteiger partial charge on any atom is -0.357 e. The molecule has 1 amide bonds. The first-order chi connectivity index (χ1) is 12.6. The number of carbonyl (C=O) groups excluding carboxylic acids is 1. The standard InChI is InChI=1S/C18H27N5O3/c1-2-19-18(22-15-8-11-17(24)21-13-15)20-12-4-3-5-14-6-9-16(10-7-14)23(25)26/h6-7,9-10,15H,2-5,8,11-13H2,1H3,(H,21,24)(H2,19,20,22). The maximum atomic E-state index is 11.2. The molecule has 2 rings (SSSR count). The van der Waals surface area contributed by atoms with E-state index in [9.17, 15) is 14.9 Å². The highest BCUT2D eigenvalue weighted by molar-refractivity contribution is 5.81. The molecule has 1 atom stereocenters. The lowest BCUT2D eigenvalue weighted by atomic mass is 10.1. The van der Waals surface area contributed by atoms with Crippen molar-refractivity contribution in [2.75, 3.05) is 19.6 Å². The topological polar surface area (TPSA) is 109 Å². The number of hydrogen-bond acceptors (Lipinski definition) is 4. The molecule has 1 fully saturated rings. The minimum absolute atomic E-state index is 0.108. The van der Waals surface area contributed by atoms with Crippen molar-refractivity contribution < 1.29 is 9.72 Å². The molecule has 1 heterocycles. The number of nitrogens with zero attached hydrogens (tertiary/aromatic N) is 2. The van der Waals surface area contributed by atoms with Crippen LogP contribution in [0.1, 0.15) is 38.2 Å². The minimum atomic E-state index is -0.383. The summed E-state index contributed by atoms with van der Waals surface area (Å²) in [5.41, 5.74) is 1.22. The first-order valence-corrected chi connectivity index (χ1v) is 9.13. The summed E-state index contributed by atoms with van der Waals surface area (Å²) in [6, 6.07) is 6.92. The second-order valence-electron chi connectivity index (χ2n) is 6.33. The van der Waals surface area contributed by atoms with Gasteiger partial charge in [-0.25, -0.2) is 0 Å². The van der Waals surface area contributed by atoms with Crippen LogP contribution in [0.2, 0.25) is 0 Å². The number of benzene rings is 1. The molecule has 0 spiro atoms. The molecule has 1 aliphatic heterocycles. The van der Waals surface area contributed by atoms with Crippen molar-refractivity contribution in [3.05, 3.63) is 39.9 Å². The van der Waals surface area contributed by atoms with Crippen molar-refractivity contribution in [2.45, 2.75) is 45.1 Å². The number of nitrogens with one attached hydrogen (secondary N) is 3. The van der Waals surface area contributed by atoms with Crippen molar-refractivity contribution in [1.82, 2.24) is 16.0 Å². The van der Waals surface area contributed by atoms with Crippen LogP contribution in [0, 0.1) is 10.1 Å². The Balaban J connectivity index is 1.71. The Morgan fingerprint density at radius 3 is 2.73 bits per heavy atom. The molecule has 0 radical (unpaired) electrons. The fourth-order valence-corrected chi connectivity index (χ4v) is 2.79. The Hall–Kier alpha value is -2.64. The molecule has 26 heavy (non-hydrogen) atoms. The highest BCUT2D eigenvalue weighted by Gasteiger charge is 2.18. The molecule has 1 aromatic rings. The van der Waals surface area contributed by atoms with Gasteiger partial charge < -0.3 is 16.0 Å². The SMILES string of the molecule is CCNC(=NCCCCc1ccc([N+](=O)[O-])cc1)NC1CCC(=O)NC1. The maximum absolute atomic E-state index is 11.2. The number of guanidine groups is 1. The number of aliphatic imine (C=N–C) groups is 1. The number of carbonyl (C=O) groups is 1. The van der Waals surface area contributed by atoms with Crippen LogP contribution in [0.5, 0.6) is 0 Å².